The summed E-state index contributed by atoms with van der Waals surface area (Å²) in [6.45, 7) is 0.476. The second-order valence-corrected chi connectivity index (χ2v) is 5.03. The number of benzene rings is 1. The molecule has 112 valence electrons. The van der Waals surface area contributed by atoms with Crippen molar-refractivity contribution in [2.24, 2.45) is 0 Å². The summed E-state index contributed by atoms with van der Waals surface area (Å²) in [7, 11) is 0. The van der Waals surface area contributed by atoms with Gasteiger partial charge < -0.3 is 15.3 Å². The molecule has 0 bridgehead atoms. The van der Waals surface area contributed by atoms with Crippen molar-refractivity contribution < 1.29 is 4.79 Å². The van der Waals surface area contributed by atoms with E-state index >= 15 is 0 Å². The number of hydrogen-bond acceptors (Lipinski definition) is 3. The Labute approximate surface area is 126 Å². The minimum Gasteiger partial charge on any atom is -0.367 e. The average Bonchev–Trinajstić information content (AvgIpc) is 3.04. The van der Waals surface area contributed by atoms with Gasteiger partial charge in [0.1, 0.15) is 5.69 Å². The molecular weight excluding hydrogens is 280 g/mol. The monoisotopic (exact) mass is 296 g/mol. The summed E-state index contributed by atoms with van der Waals surface area (Å²) < 4.78 is 0. The van der Waals surface area contributed by atoms with Crippen molar-refractivity contribution in [3.63, 3.8) is 0 Å². The lowest BCUT2D eigenvalue weighted by atomic mass is 10.2. The molecule has 0 saturated carbocycles. The number of fused-ring (bicyclic) bond motifs is 1. The van der Waals surface area contributed by atoms with Crippen LogP contribution in [0.2, 0.25) is 0 Å². The van der Waals surface area contributed by atoms with Gasteiger partial charge in [-0.25, -0.2) is 4.98 Å². The number of nitrogens with zero attached hydrogens (tertiary/aromatic N) is 1. The predicted molar refractivity (Wildman–Crippen MR) is 83.3 cm³/mol. The third-order valence-electron chi connectivity index (χ3n) is 3.41. The lowest BCUT2D eigenvalue weighted by Gasteiger charge is -2.04. The molecule has 0 aliphatic heterocycles. The first-order valence-corrected chi connectivity index (χ1v) is 7.09. The molecule has 0 unspecified atom stereocenters. The van der Waals surface area contributed by atoms with Crippen LogP contribution in [0.5, 0.6) is 0 Å². The number of aromatic amines is 2. The number of hydrogen-bond donors (Lipinski definition) is 3. The summed E-state index contributed by atoms with van der Waals surface area (Å²) in [5.41, 5.74) is 2.58. The second kappa shape index (κ2) is 6.26. The molecule has 1 amide bonds. The first-order valence-electron chi connectivity index (χ1n) is 7.09. The maximum atomic E-state index is 11.9. The van der Waals surface area contributed by atoms with Gasteiger partial charge in [0.25, 0.3) is 5.56 Å². The second-order valence-electron chi connectivity index (χ2n) is 5.03. The van der Waals surface area contributed by atoms with E-state index in [-0.39, 0.29) is 17.9 Å². The van der Waals surface area contributed by atoms with Crippen molar-refractivity contribution >= 4 is 16.9 Å². The number of carbonyl (C=O) groups excluding carboxylic acids is 1. The van der Waals surface area contributed by atoms with Crippen LogP contribution in [0.3, 0.4) is 0 Å². The van der Waals surface area contributed by atoms with Gasteiger partial charge in [-0.15, -0.1) is 0 Å². The lowest BCUT2D eigenvalue weighted by Crippen LogP contribution is -2.24. The molecule has 3 rings (SSSR count). The molecule has 0 aliphatic rings. The van der Waals surface area contributed by atoms with Crippen molar-refractivity contribution in [3.05, 3.63) is 64.3 Å². The number of carbonyl (C=O) groups is 1. The van der Waals surface area contributed by atoms with Crippen molar-refractivity contribution in [3.8, 4) is 0 Å². The summed E-state index contributed by atoms with van der Waals surface area (Å²) in [5.74, 6) is -0.101. The molecule has 3 N–H and O–H groups in total. The zero-order valence-electron chi connectivity index (χ0n) is 11.9. The van der Waals surface area contributed by atoms with Crippen molar-refractivity contribution in [1.29, 1.82) is 0 Å². The molecule has 6 nitrogen and oxygen atoms in total. The van der Waals surface area contributed by atoms with E-state index in [2.05, 4.69) is 20.3 Å². The van der Waals surface area contributed by atoms with Gasteiger partial charge in [0, 0.05) is 31.8 Å². The Hall–Kier alpha value is -2.89. The van der Waals surface area contributed by atoms with E-state index in [1.54, 1.807) is 12.3 Å². The van der Waals surface area contributed by atoms with Crippen LogP contribution in [-0.2, 0) is 17.8 Å². The summed E-state index contributed by atoms with van der Waals surface area (Å²) in [4.78, 5) is 33.8. The van der Waals surface area contributed by atoms with E-state index in [1.165, 1.54) is 0 Å². The molecular formula is C16H16N4O2. The number of para-hydroxylation sites is 2. The smallest absolute Gasteiger partial charge is 0.270 e. The van der Waals surface area contributed by atoms with Gasteiger partial charge in [-0.2, -0.15) is 0 Å². The number of aromatic nitrogens is 3. The average molecular weight is 296 g/mol. The van der Waals surface area contributed by atoms with Crippen LogP contribution >= 0.6 is 0 Å². The third kappa shape index (κ3) is 3.22. The van der Waals surface area contributed by atoms with Crippen LogP contribution in [0.1, 0.15) is 17.7 Å². The predicted octanol–water partition coefficient (Wildman–Crippen LogP) is 1.50. The van der Waals surface area contributed by atoms with Gasteiger partial charge in [-0.1, -0.05) is 12.1 Å². The van der Waals surface area contributed by atoms with Gasteiger partial charge in [0.15, 0.2) is 0 Å². The van der Waals surface area contributed by atoms with E-state index in [0.29, 0.717) is 24.2 Å². The molecule has 3 aromatic rings. The van der Waals surface area contributed by atoms with Gasteiger partial charge in [-0.05, 0) is 23.8 Å². The summed E-state index contributed by atoms with van der Waals surface area (Å²) in [5, 5.41) is 2.81. The van der Waals surface area contributed by atoms with Crippen LogP contribution in [0.15, 0.2) is 47.5 Å². The highest BCUT2D eigenvalue weighted by molar-refractivity contribution is 5.76. The summed E-state index contributed by atoms with van der Waals surface area (Å²) in [6.07, 6.45) is 4.19. The quantitative estimate of drug-likeness (QED) is 0.666. The van der Waals surface area contributed by atoms with E-state index in [4.69, 9.17) is 0 Å². The van der Waals surface area contributed by atoms with Gasteiger partial charge in [0.05, 0.1) is 11.0 Å². The van der Waals surface area contributed by atoms with E-state index in [0.717, 1.165) is 11.1 Å². The molecule has 22 heavy (non-hydrogen) atoms. The topological polar surface area (TPSA) is 90.6 Å². The molecule has 0 radical (unpaired) electrons. The standard InChI is InChI=1S/C16H16N4O2/c21-15(18-10-11-7-8-17-9-11)6-5-14-16(22)20-13-4-2-1-3-12(13)19-14/h1-4,7-9,17H,5-6,10H2,(H,18,21)(H,20,22). The highest BCUT2D eigenvalue weighted by Gasteiger charge is 2.08. The lowest BCUT2D eigenvalue weighted by molar-refractivity contribution is -0.121. The Bertz CT molecular complexity index is 837. The molecule has 0 saturated heterocycles. The van der Waals surface area contributed by atoms with Crippen molar-refractivity contribution in [2.45, 2.75) is 19.4 Å². The molecule has 0 atom stereocenters. The van der Waals surface area contributed by atoms with Crippen LogP contribution in [0, 0.1) is 0 Å². The molecule has 6 heteroatoms. The first-order chi connectivity index (χ1) is 10.7. The minimum absolute atomic E-state index is 0.101. The Kier molecular flexibility index (Phi) is 4.00. The van der Waals surface area contributed by atoms with E-state index in [1.807, 2.05) is 30.5 Å². The number of nitrogens with one attached hydrogen (secondary N) is 3. The summed E-state index contributed by atoms with van der Waals surface area (Å²) in [6, 6.07) is 9.24. The molecule has 0 fully saturated rings. The SMILES string of the molecule is O=C(CCc1nc2ccccc2[nH]c1=O)NCc1cc[nH]c1. The van der Waals surface area contributed by atoms with Crippen LogP contribution in [0.25, 0.3) is 11.0 Å². The van der Waals surface area contributed by atoms with Crippen LogP contribution < -0.4 is 10.9 Å². The van der Waals surface area contributed by atoms with E-state index in [9.17, 15) is 9.59 Å². The maximum absolute atomic E-state index is 11.9. The molecule has 1 aromatic carbocycles. The fourth-order valence-corrected chi connectivity index (χ4v) is 2.23. The zero-order chi connectivity index (χ0) is 15.4. The van der Waals surface area contributed by atoms with Crippen LogP contribution in [-0.4, -0.2) is 20.9 Å². The van der Waals surface area contributed by atoms with Gasteiger partial charge in [-0.3, -0.25) is 9.59 Å². The summed E-state index contributed by atoms with van der Waals surface area (Å²) >= 11 is 0. The zero-order valence-corrected chi connectivity index (χ0v) is 11.9. The molecule has 2 aromatic heterocycles. The number of rotatable bonds is 5. The van der Waals surface area contributed by atoms with Crippen molar-refractivity contribution in [1.82, 2.24) is 20.3 Å². The highest BCUT2D eigenvalue weighted by atomic mass is 16.1. The van der Waals surface area contributed by atoms with E-state index < -0.39 is 0 Å². The Morgan fingerprint density at radius 1 is 1.23 bits per heavy atom. The first kappa shape index (κ1) is 14.1. The Balaban J connectivity index is 1.62. The normalized spacial score (nSPS) is 10.7. The molecule has 0 aliphatic carbocycles. The van der Waals surface area contributed by atoms with Crippen molar-refractivity contribution in [2.75, 3.05) is 0 Å². The Morgan fingerprint density at radius 2 is 2.09 bits per heavy atom. The van der Waals surface area contributed by atoms with Gasteiger partial charge >= 0.3 is 0 Å². The fraction of sp³-hybridized carbons (Fsp3) is 0.188. The number of aryl methyl sites for hydroxylation is 1. The Morgan fingerprint density at radius 3 is 2.91 bits per heavy atom. The highest BCUT2D eigenvalue weighted by Crippen LogP contribution is 2.06. The minimum atomic E-state index is -0.239. The molecule has 0 spiro atoms. The molecule has 2 heterocycles. The van der Waals surface area contributed by atoms with Gasteiger partial charge in [0.2, 0.25) is 5.91 Å². The van der Waals surface area contributed by atoms with Crippen LogP contribution in [0.4, 0.5) is 0 Å². The number of H-pyrrole nitrogens is 2. The fourth-order valence-electron chi connectivity index (χ4n) is 2.23. The third-order valence-corrected chi connectivity index (χ3v) is 3.41. The maximum Gasteiger partial charge on any atom is 0.270 e. The largest absolute Gasteiger partial charge is 0.367 e. The number of amides is 1.